The first kappa shape index (κ1) is 10.5. The molecular formula is C11H17NO3. The zero-order valence-electron chi connectivity index (χ0n) is 9.19. The molecule has 0 radical (unpaired) electrons. The lowest BCUT2D eigenvalue weighted by atomic mass is 10.0. The van der Waals surface area contributed by atoms with E-state index >= 15 is 0 Å². The average Bonchev–Trinajstić information content (AvgIpc) is 2.77. The minimum atomic E-state index is -0.863. The monoisotopic (exact) mass is 211 g/mol. The molecule has 15 heavy (non-hydrogen) atoms. The number of hydrogen-bond donors (Lipinski definition) is 1. The van der Waals surface area contributed by atoms with Crippen LogP contribution in [-0.2, 0) is 9.59 Å². The second kappa shape index (κ2) is 3.22. The van der Waals surface area contributed by atoms with Crippen LogP contribution in [0.2, 0.25) is 0 Å². The molecule has 1 saturated heterocycles. The molecule has 0 spiro atoms. The third kappa shape index (κ3) is 1.62. The van der Waals surface area contributed by atoms with Crippen LogP contribution in [-0.4, -0.2) is 34.5 Å². The van der Waals surface area contributed by atoms with Gasteiger partial charge >= 0.3 is 5.97 Å². The number of amides is 1. The van der Waals surface area contributed by atoms with Crippen molar-refractivity contribution in [2.24, 2.45) is 11.3 Å². The molecule has 2 atom stereocenters. The lowest BCUT2D eigenvalue weighted by molar-refractivity contribution is -0.151. The third-order valence-corrected chi connectivity index (χ3v) is 3.73. The van der Waals surface area contributed by atoms with Gasteiger partial charge in [0.05, 0.1) is 0 Å². The zero-order valence-corrected chi connectivity index (χ0v) is 9.19. The first-order chi connectivity index (χ1) is 6.96. The van der Waals surface area contributed by atoms with Crippen molar-refractivity contribution in [1.82, 2.24) is 4.90 Å². The van der Waals surface area contributed by atoms with Gasteiger partial charge in [-0.15, -0.1) is 0 Å². The molecular weight excluding hydrogens is 194 g/mol. The van der Waals surface area contributed by atoms with Crippen LogP contribution in [0.15, 0.2) is 0 Å². The fourth-order valence-electron chi connectivity index (χ4n) is 2.30. The molecule has 1 N–H and O–H groups in total. The second-order valence-corrected chi connectivity index (χ2v) is 5.11. The minimum absolute atomic E-state index is 0.0410. The number of carboxylic acids is 1. The molecule has 84 valence electrons. The van der Waals surface area contributed by atoms with E-state index in [4.69, 9.17) is 5.11 Å². The van der Waals surface area contributed by atoms with Gasteiger partial charge in [-0.25, -0.2) is 4.79 Å². The molecule has 1 aliphatic heterocycles. The predicted octanol–water partition coefficient (Wildman–Crippen LogP) is 1.11. The van der Waals surface area contributed by atoms with Gasteiger partial charge in [0, 0.05) is 12.0 Å². The zero-order chi connectivity index (χ0) is 11.2. The summed E-state index contributed by atoms with van der Waals surface area (Å²) in [4.78, 5) is 24.7. The first-order valence-corrected chi connectivity index (χ1v) is 5.49. The SMILES string of the molecule is CC1CCN(C(=O)C2(C)CC2)C1C(=O)O. The van der Waals surface area contributed by atoms with Crippen molar-refractivity contribution < 1.29 is 14.7 Å². The topological polar surface area (TPSA) is 57.6 Å². The predicted molar refractivity (Wildman–Crippen MR) is 54.3 cm³/mol. The number of nitrogens with zero attached hydrogens (tertiary/aromatic N) is 1. The number of carbonyl (C=O) groups is 2. The molecule has 4 nitrogen and oxygen atoms in total. The highest BCUT2D eigenvalue weighted by Gasteiger charge is 2.51. The van der Waals surface area contributed by atoms with Crippen molar-refractivity contribution in [3.63, 3.8) is 0 Å². The molecule has 4 heteroatoms. The largest absolute Gasteiger partial charge is 0.480 e. The van der Waals surface area contributed by atoms with Gasteiger partial charge in [-0.1, -0.05) is 13.8 Å². The fraction of sp³-hybridized carbons (Fsp3) is 0.818. The number of carboxylic acid groups (broad SMARTS) is 1. The van der Waals surface area contributed by atoms with E-state index < -0.39 is 12.0 Å². The normalized spacial score (nSPS) is 32.8. The highest BCUT2D eigenvalue weighted by Crippen LogP contribution is 2.47. The molecule has 2 aliphatic rings. The van der Waals surface area contributed by atoms with Gasteiger partial charge in [0.15, 0.2) is 0 Å². The summed E-state index contributed by atoms with van der Waals surface area (Å²) in [6.45, 7) is 4.44. The van der Waals surface area contributed by atoms with Gasteiger partial charge in [0.2, 0.25) is 5.91 Å². The van der Waals surface area contributed by atoms with Crippen LogP contribution in [0.5, 0.6) is 0 Å². The Balaban J connectivity index is 2.15. The molecule has 2 unspecified atom stereocenters. The molecule has 1 amide bonds. The van der Waals surface area contributed by atoms with Crippen LogP contribution in [0, 0.1) is 11.3 Å². The summed E-state index contributed by atoms with van der Waals surface area (Å²) >= 11 is 0. The maximum atomic E-state index is 12.1. The van der Waals surface area contributed by atoms with Crippen LogP contribution in [0.4, 0.5) is 0 Å². The summed E-state index contributed by atoms with van der Waals surface area (Å²) < 4.78 is 0. The summed E-state index contributed by atoms with van der Waals surface area (Å²) in [6.07, 6.45) is 2.62. The van der Waals surface area contributed by atoms with E-state index in [2.05, 4.69) is 0 Å². The molecule has 2 fully saturated rings. The van der Waals surface area contributed by atoms with Crippen LogP contribution in [0.25, 0.3) is 0 Å². The summed E-state index contributed by atoms with van der Waals surface area (Å²) in [5, 5.41) is 9.10. The Morgan fingerprint density at radius 2 is 2.00 bits per heavy atom. The Hall–Kier alpha value is -1.06. The van der Waals surface area contributed by atoms with Gasteiger partial charge in [-0.05, 0) is 25.2 Å². The number of likely N-dealkylation sites (tertiary alicyclic amines) is 1. The van der Waals surface area contributed by atoms with Crippen molar-refractivity contribution >= 4 is 11.9 Å². The van der Waals surface area contributed by atoms with E-state index in [9.17, 15) is 9.59 Å². The van der Waals surface area contributed by atoms with Crippen molar-refractivity contribution in [3.05, 3.63) is 0 Å². The highest BCUT2D eigenvalue weighted by molar-refractivity contribution is 5.89. The fourth-order valence-corrected chi connectivity index (χ4v) is 2.30. The Bertz CT molecular complexity index is 309. The molecule has 2 rings (SSSR count). The second-order valence-electron chi connectivity index (χ2n) is 5.11. The number of rotatable bonds is 2. The highest BCUT2D eigenvalue weighted by atomic mass is 16.4. The average molecular weight is 211 g/mol. The Kier molecular flexibility index (Phi) is 2.24. The van der Waals surface area contributed by atoms with Crippen LogP contribution in [0.1, 0.15) is 33.1 Å². The summed E-state index contributed by atoms with van der Waals surface area (Å²) in [7, 11) is 0. The Labute approximate surface area is 89.3 Å². The van der Waals surface area contributed by atoms with E-state index in [0.29, 0.717) is 6.54 Å². The molecule has 1 heterocycles. The van der Waals surface area contributed by atoms with Gasteiger partial charge in [0.25, 0.3) is 0 Å². The molecule has 1 saturated carbocycles. The van der Waals surface area contributed by atoms with E-state index in [1.165, 1.54) is 0 Å². The summed E-state index contributed by atoms with van der Waals surface area (Å²) in [6, 6.07) is -0.602. The standard InChI is InChI=1S/C11H17NO3/c1-7-3-6-12(8(7)9(13)14)10(15)11(2)4-5-11/h7-8H,3-6H2,1-2H3,(H,13,14). The lowest BCUT2D eigenvalue weighted by Gasteiger charge is -2.26. The number of aliphatic carboxylic acids is 1. The maximum Gasteiger partial charge on any atom is 0.326 e. The molecule has 0 aromatic carbocycles. The van der Waals surface area contributed by atoms with Crippen LogP contribution >= 0.6 is 0 Å². The van der Waals surface area contributed by atoms with E-state index in [-0.39, 0.29) is 17.2 Å². The van der Waals surface area contributed by atoms with Crippen molar-refractivity contribution in [1.29, 1.82) is 0 Å². The molecule has 0 aromatic rings. The first-order valence-electron chi connectivity index (χ1n) is 5.49. The molecule has 0 aromatic heterocycles. The molecule has 0 bridgehead atoms. The van der Waals surface area contributed by atoms with Crippen molar-refractivity contribution in [2.45, 2.75) is 39.2 Å². The van der Waals surface area contributed by atoms with E-state index in [1.807, 2.05) is 13.8 Å². The minimum Gasteiger partial charge on any atom is -0.480 e. The van der Waals surface area contributed by atoms with Gasteiger partial charge in [-0.2, -0.15) is 0 Å². The molecule has 1 aliphatic carbocycles. The number of carbonyl (C=O) groups excluding carboxylic acids is 1. The van der Waals surface area contributed by atoms with Crippen molar-refractivity contribution in [2.75, 3.05) is 6.54 Å². The van der Waals surface area contributed by atoms with Gasteiger partial charge < -0.3 is 10.0 Å². The maximum absolute atomic E-state index is 12.1. The van der Waals surface area contributed by atoms with Crippen LogP contribution in [0.3, 0.4) is 0 Å². The lowest BCUT2D eigenvalue weighted by Crippen LogP contribution is -2.45. The number of hydrogen-bond acceptors (Lipinski definition) is 2. The van der Waals surface area contributed by atoms with Crippen LogP contribution < -0.4 is 0 Å². The van der Waals surface area contributed by atoms with E-state index in [0.717, 1.165) is 19.3 Å². The summed E-state index contributed by atoms with van der Waals surface area (Å²) in [5.74, 6) is -0.745. The van der Waals surface area contributed by atoms with Gasteiger partial charge in [0.1, 0.15) is 6.04 Å². The smallest absolute Gasteiger partial charge is 0.326 e. The summed E-state index contributed by atoms with van der Waals surface area (Å²) in [5.41, 5.74) is -0.252. The van der Waals surface area contributed by atoms with Gasteiger partial charge in [-0.3, -0.25) is 4.79 Å². The Morgan fingerprint density at radius 3 is 2.47 bits per heavy atom. The van der Waals surface area contributed by atoms with Crippen molar-refractivity contribution in [3.8, 4) is 0 Å². The van der Waals surface area contributed by atoms with E-state index in [1.54, 1.807) is 4.90 Å². The Morgan fingerprint density at radius 1 is 1.40 bits per heavy atom. The quantitative estimate of drug-likeness (QED) is 0.744. The third-order valence-electron chi connectivity index (χ3n) is 3.73.